The van der Waals surface area contributed by atoms with Crippen molar-refractivity contribution in [3.63, 3.8) is 0 Å². The molecule has 0 radical (unpaired) electrons. The van der Waals surface area contributed by atoms with Gasteiger partial charge >= 0.3 is 0 Å². The van der Waals surface area contributed by atoms with E-state index in [1.165, 1.54) is 5.56 Å². The molecule has 0 spiro atoms. The van der Waals surface area contributed by atoms with Crippen molar-refractivity contribution >= 4 is 28.8 Å². The summed E-state index contributed by atoms with van der Waals surface area (Å²) >= 11 is 0. The molecule has 0 aliphatic carbocycles. The van der Waals surface area contributed by atoms with Crippen molar-refractivity contribution in [2.45, 2.75) is 32.8 Å². The summed E-state index contributed by atoms with van der Waals surface area (Å²) in [6.07, 6.45) is 2.98. The Hall–Kier alpha value is -3.12. The molecule has 1 atom stereocenters. The molecule has 3 aliphatic rings. The largest absolute Gasteiger partial charge is 0.487 e. The van der Waals surface area contributed by atoms with Crippen molar-refractivity contribution in [1.29, 1.82) is 0 Å². The molecule has 0 aromatic heterocycles. The second-order valence-electron chi connectivity index (χ2n) is 8.77. The monoisotopic (exact) mass is 431 g/mol. The molecule has 3 heterocycles. The van der Waals surface area contributed by atoms with Gasteiger partial charge in [-0.05, 0) is 44.4 Å². The normalized spacial score (nSPS) is 22.2. The van der Waals surface area contributed by atoms with Crippen LogP contribution in [0.4, 0.5) is 5.69 Å². The summed E-state index contributed by atoms with van der Waals surface area (Å²) in [6.45, 7) is 5.98. The molecule has 0 bridgehead atoms. The zero-order chi connectivity index (χ0) is 22.1. The fourth-order valence-electron chi connectivity index (χ4n) is 5.00. The molecular formula is C26H29N3O3. The lowest BCUT2D eigenvalue weighted by Crippen LogP contribution is -2.43. The average molecular weight is 432 g/mol. The van der Waals surface area contributed by atoms with Gasteiger partial charge in [0.15, 0.2) is 0 Å². The van der Waals surface area contributed by atoms with E-state index in [0.717, 1.165) is 61.3 Å². The number of piperidine rings is 1. The van der Waals surface area contributed by atoms with Gasteiger partial charge in [0.05, 0.1) is 11.5 Å². The number of anilines is 1. The number of para-hydroxylation sites is 1. The summed E-state index contributed by atoms with van der Waals surface area (Å²) < 4.78 is 6.01. The Kier molecular flexibility index (Phi) is 5.70. The molecule has 3 aliphatic heterocycles. The van der Waals surface area contributed by atoms with E-state index in [-0.39, 0.29) is 17.7 Å². The summed E-state index contributed by atoms with van der Waals surface area (Å²) in [5, 5.41) is 5.89. The molecule has 5 rings (SSSR count). The molecule has 1 unspecified atom stereocenters. The molecule has 0 saturated carbocycles. The maximum absolute atomic E-state index is 12.6. The van der Waals surface area contributed by atoms with Crippen molar-refractivity contribution in [3.05, 3.63) is 64.7 Å². The number of carbonyl (C=O) groups excluding carboxylic acids is 2. The first kappa shape index (κ1) is 20.8. The van der Waals surface area contributed by atoms with Crippen LogP contribution in [0.3, 0.4) is 0 Å². The maximum Gasteiger partial charge on any atom is 0.260 e. The van der Waals surface area contributed by atoms with E-state index >= 15 is 0 Å². The highest BCUT2D eigenvalue weighted by Crippen LogP contribution is 2.41. The molecule has 166 valence electrons. The first-order valence-electron chi connectivity index (χ1n) is 11.5. The first-order chi connectivity index (χ1) is 15.6. The summed E-state index contributed by atoms with van der Waals surface area (Å²) in [6, 6.07) is 14.2. The Morgan fingerprint density at radius 1 is 1.22 bits per heavy atom. The van der Waals surface area contributed by atoms with Crippen molar-refractivity contribution in [3.8, 4) is 0 Å². The van der Waals surface area contributed by atoms with E-state index in [1.54, 1.807) is 0 Å². The van der Waals surface area contributed by atoms with Gasteiger partial charge in [0, 0.05) is 42.0 Å². The SMILES string of the molecule is CCNC(=O)C1CCCN(CCc2ccc3c(c2)CO/C3=C2/C(=O)Nc3ccccc32)C1. The Bertz CT molecular complexity index is 1090. The topological polar surface area (TPSA) is 70.7 Å². The van der Waals surface area contributed by atoms with Crippen LogP contribution in [0, 0.1) is 5.92 Å². The van der Waals surface area contributed by atoms with E-state index < -0.39 is 0 Å². The number of rotatable bonds is 5. The molecule has 6 heteroatoms. The Labute approximate surface area is 188 Å². The summed E-state index contributed by atoms with van der Waals surface area (Å²) in [4.78, 5) is 27.2. The van der Waals surface area contributed by atoms with Gasteiger partial charge in [-0.15, -0.1) is 0 Å². The van der Waals surface area contributed by atoms with Gasteiger partial charge in [0.1, 0.15) is 12.4 Å². The smallest absolute Gasteiger partial charge is 0.260 e. The van der Waals surface area contributed by atoms with E-state index in [1.807, 2.05) is 31.2 Å². The molecule has 2 aromatic carbocycles. The number of hydrogen-bond acceptors (Lipinski definition) is 4. The van der Waals surface area contributed by atoms with Crippen LogP contribution in [-0.4, -0.2) is 42.9 Å². The van der Waals surface area contributed by atoms with E-state index in [4.69, 9.17) is 4.74 Å². The second-order valence-corrected chi connectivity index (χ2v) is 8.77. The molecule has 2 aromatic rings. The standard InChI is InChI=1S/C26H29N3O3/c1-2-27-25(30)18-6-5-12-29(15-18)13-11-17-9-10-20-19(14-17)16-32-24(20)23-21-7-3-4-8-22(21)28-26(23)31/h3-4,7-10,14,18H,2,5-6,11-13,15-16H2,1H3,(H,27,30)(H,28,31)/b24-23+. The molecule has 1 fully saturated rings. The van der Waals surface area contributed by atoms with Gasteiger partial charge in [-0.25, -0.2) is 0 Å². The lowest BCUT2D eigenvalue weighted by atomic mass is 9.96. The van der Waals surface area contributed by atoms with Crippen LogP contribution in [0.1, 0.15) is 42.0 Å². The number of amides is 2. The predicted octanol–water partition coefficient (Wildman–Crippen LogP) is 3.43. The van der Waals surface area contributed by atoms with Crippen LogP contribution in [-0.2, 0) is 27.4 Å². The van der Waals surface area contributed by atoms with Crippen LogP contribution in [0.2, 0.25) is 0 Å². The zero-order valence-corrected chi connectivity index (χ0v) is 18.4. The van der Waals surface area contributed by atoms with Crippen molar-refractivity contribution in [1.82, 2.24) is 10.2 Å². The molecule has 2 N–H and O–H groups in total. The number of benzene rings is 2. The minimum absolute atomic E-state index is 0.103. The zero-order valence-electron chi connectivity index (χ0n) is 18.4. The van der Waals surface area contributed by atoms with Crippen LogP contribution in [0.25, 0.3) is 11.3 Å². The van der Waals surface area contributed by atoms with Crippen LogP contribution in [0.15, 0.2) is 42.5 Å². The third-order valence-electron chi connectivity index (χ3n) is 6.63. The van der Waals surface area contributed by atoms with Crippen LogP contribution >= 0.6 is 0 Å². The fraction of sp³-hybridized carbons (Fsp3) is 0.385. The number of nitrogens with zero attached hydrogens (tertiary/aromatic N) is 1. The predicted molar refractivity (Wildman–Crippen MR) is 125 cm³/mol. The molecule has 32 heavy (non-hydrogen) atoms. The number of fused-ring (bicyclic) bond motifs is 2. The highest BCUT2D eigenvalue weighted by molar-refractivity contribution is 6.36. The maximum atomic E-state index is 12.6. The molecule has 2 amide bonds. The van der Waals surface area contributed by atoms with Gasteiger partial charge in [0.2, 0.25) is 5.91 Å². The third-order valence-corrected chi connectivity index (χ3v) is 6.63. The summed E-state index contributed by atoms with van der Waals surface area (Å²) in [5.74, 6) is 0.858. The Morgan fingerprint density at radius 3 is 2.97 bits per heavy atom. The van der Waals surface area contributed by atoms with Gasteiger partial charge in [-0.1, -0.05) is 36.4 Å². The van der Waals surface area contributed by atoms with Gasteiger partial charge in [-0.3, -0.25) is 9.59 Å². The molecule has 6 nitrogen and oxygen atoms in total. The van der Waals surface area contributed by atoms with Crippen LogP contribution in [0.5, 0.6) is 0 Å². The molecular weight excluding hydrogens is 402 g/mol. The average Bonchev–Trinajstić information content (AvgIpc) is 3.37. The first-order valence-corrected chi connectivity index (χ1v) is 11.5. The van der Waals surface area contributed by atoms with E-state index in [2.05, 4.69) is 33.7 Å². The van der Waals surface area contributed by atoms with Crippen molar-refractivity contribution < 1.29 is 14.3 Å². The lowest BCUT2D eigenvalue weighted by molar-refractivity contribution is -0.126. The number of likely N-dealkylation sites (tertiary alicyclic amines) is 1. The third kappa shape index (κ3) is 3.91. The molecule has 1 saturated heterocycles. The summed E-state index contributed by atoms with van der Waals surface area (Å²) in [7, 11) is 0. The minimum Gasteiger partial charge on any atom is -0.487 e. The number of ether oxygens (including phenoxy) is 1. The quantitative estimate of drug-likeness (QED) is 0.712. The van der Waals surface area contributed by atoms with Crippen molar-refractivity contribution in [2.75, 3.05) is 31.5 Å². The Balaban J connectivity index is 1.29. The highest BCUT2D eigenvalue weighted by atomic mass is 16.5. The Morgan fingerprint density at radius 2 is 2.09 bits per heavy atom. The van der Waals surface area contributed by atoms with E-state index in [9.17, 15) is 9.59 Å². The van der Waals surface area contributed by atoms with Gasteiger partial charge in [0.25, 0.3) is 5.91 Å². The number of carbonyl (C=O) groups is 2. The minimum atomic E-state index is -0.107. The van der Waals surface area contributed by atoms with E-state index in [0.29, 0.717) is 24.5 Å². The number of nitrogens with one attached hydrogen (secondary N) is 2. The summed E-state index contributed by atoms with van der Waals surface area (Å²) in [5.41, 5.74) is 5.75. The van der Waals surface area contributed by atoms with Gasteiger partial charge < -0.3 is 20.3 Å². The number of hydrogen-bond donors (Lipinski definition) is 2. The lowest BCUT2D eigenvalue weighted by Gasteiger charge is -2.32. The fourth-order valence-corrected chi connectivity index (χ4v) is 5.00. The second kappa shape index (κ2) is 8.79. The van der Waals surface area contributed by atoms with Crippen molar-refractivity contribution in [2.24, 2.45) is 5.92 Å². The van der Waals surface area contributed by atoms with Gasteiger partial charge in [-0.2, -0.15) is 0 Å². The highest BCUT2D eigenvalue weighted by Gasteiger charge is 2.32. The van der Waals surface area contributed by atoms with Crippen LogP contribution < -0.4 is 10.6 Å².